The second-order valence-corrected chi connectivity index (χ2v) is 7.39. The molecule has 0 aliphatic carbocycles. The fourth-order valence-electron chi connectivity index (χ4n) is 3.22. The Hall–Kier alpha value is -2.19. The van der Waals surface area contributed by atoms with Crippen molar-refractivity contribution in [2.45, 2.75) is 17.1 Å². The predicted octanol–water partition coefficient (Wildman–Crippen LogP) is 4.28. The zero-order valence-corrected chi connectivity index (χ0v) is 15.3. The molecule has 8 heteroatoms. The van der Waals surface area contributed by atoms with Crippen LogP contribution in [0.1, 0.15) is 11.1 Å². The van der Waals surface area contributed by atoms with Gasteiger partial charge in [0.1, 0.15) is 0 Å². The Balaban J connectivity index is 1.52. The number of anilines is 1. The normalized spacial score (nSPS) is 15.4. The number of nitrogens with one attached hydrogen (secondary N) is 2. The first-order valence-electron chi connectivity index (χ1n) is 8.74. The minimum atomic E-state index is -4.36. The van der Waals surface area contributed by atoms with Gasteiger partial charge in [-0.15, -0.1) is 0 Å². The summed E-state index contributed by atoms with van der Waals surface area (Å²) in [6, 6.07) is 11.9. The third-order valence-electron chi connectivity index (χ3n) is 4.60. The summed E-state index contributed by atoms with van der Waals surface area (Å²) in [6.07, 6.45) is -4.36. The van der Waals surface area contributed by atoms with Crippen molar-refractivity contribution in [2.24, 2.45) is 0 Å². The summed E-state index contributed by atoms with van der Waals surface area (Å²) in [5, 5.41) is 3.97. The van der Waals surface area contributed by atoms with E-state index in [1.807, 2.05) is 12.1 Å². The Morgan fingerprint density at radius 1 is 1.07 bits per heavy atom. The topological polar surface area (TPSA) is 44.0 Å². The average Bonchev–Trinajstić information content (AvgIpc) is 3.09. The number of H-pyrrole nitrogens is 1. The molecule has 1 fully saturated rings. The summed E-state index contributed by atoms with van der Waals surface area (Å²) in [4.78, 5) is 9.79. The molecule has 0 spiro atoms. The molecule has 2 N–H and O–H groups in total. The van der Waals surface area contributed by atoms with Crippen molar-refractivity contribution in [3.8, 4) is 0 Å². The van der Waals surface area contributed by atoms with Gasteiger partial charge in [-0.1, -0.05) is 30.0 Å². The first kappa shape index (κ1) is 18.2. The van der Waals surface area contributed by atoms with Crippen LogP contribution in [-0.2, 0) is 11.9 Å². The van der Waals surface area contributed by atoms with E-state index in [2.05, 4.69) is 32.3 Å². The number of halogens is 3. The number of alkyl halides is 3. The van der Waals surface area contributed by atoms with Gasteiger partial charge in [0, 0.05) is 37.6 Å². The van der Waals surface area contributed by atoms with Gasteiger partial charge in [0.05, 0.1) is 16.6 Å². The van der Waals surface area contributed by atoms with Crippen LogP contribution in [0.5, 0.6) is 0 Å². The molecule has 0 saturated carbocycles. The highest BCUT2D eigenvalue weighted by Crippen LogP contribution is 2.33. The maximum Gasteiger partial charge on any atom is 0.416 e. The van der Waals surface area contributed by atoms with Crippen LogP contribution < -0.4 is 10.2 Å². The van der Waals surface area contributed by atoms with Crippen LogP contribution in [0.15, 0.2) is 47.6 Å². The molecule has 3 aromatic rings. The van der Waals surface area contributed by atoms with E-state index < -0.39 is 11.7 Å². The maximum absolute atomic E-state index is 12.9. The number of imidazole rings is 1. The Labute approximate surface area is 159 Å². The highest BCUT2D eigenvalue weighted by molar-refractivity contribution is 7.98. The van der Waals surface area contributed by atoms with Crippen molar-refractivity contribution >= 4 is 28.5 Å². The number of hydrogen-bond acceptors (Lipinski definition) is 4. The minimum Gasteiger partial charge on any atom is -0.369 e. The number of para-hydroxylation sites is 1. The standard InChI is InChI=1S/C19H19F3N4S/c20-19(21,22)14-5-6-15-16(11-14)25-18(24-15)27-12-13-3-1-2-4-17(13)26-9-7-23-8-10-26/h1-6,11,23H,7-10,12H2,(H,24,25). The number of nitrogens with zero attached hydrogens (tertiary/aromatic N) is 2. The van der Waals surface area contributed by atoms with E-state index in [1.165, 1.54) is 29.1 Å². The molecule has 2 aromatic carbocycles. The lowest BCUT2D eigenvalue weighted by molar-refractivity contribution is -0.137. The predicted molar refractivity (Wildman–Crippen MR) is 102 cm³/mol. The van der Waals surface area contributed by atoms with Gasteiger partial charge in [0.2, 0.25) is 0 Å². The van der Waals surface area contributed by atoms with E-state index in [1.54, 1.807) is 0 Å². The molecule has 0 unspecified atom stereocenters. The van der Waals surface area contributed by atoms with Crippen molar-refractivity contribution in [3.63, 3.8) is 0 Å². The van der Waals surface area contributed by atoms with Crippen molar-refractivity contribution in [3.05, 3.63) is 53.6 Å². The van der Waals surface area contributed by atoms with E-state index >= 15 is 0 Å². The average molecular weight is 392 g/mol. The van der Waals surface area contributed by atoms with E-state index in [0.29, 0.717) is 21.9 Å². The Kier molecular flexibility index (Phi) is 5.01. The summed E-state index contributed by atoms with van der Waals surface area (Å²) in [6.45, 7) is 3.86. The van der Waals surface area contributed by atoms with Gasteiger partial charge in [0.25, 0.3) is 0 Å². The van der Waals surface area contributed by atoms with Gasteiger partial charge >= 0.3 is 6.18 Å². The van der Waals surface area contributed by atoms with Crippen LogP contribution in [0.3, 0.4) is 0 Å². The highest BCUT2D eigenvalue weighted by Gasteiger charge is 2.30. The second-order valence-electron chi connectivity index (χ2n) is 6.43. The van der Waals surface area contributed by atoms with Crippen molar-refractivity contribution in [1.82, 2.24) is 15.3 Å². The fraction of sp³-hybridized carbons (Fsp3) is 0.316. The molecular weight excluding hydrogens is 373 g/mol. The lowest BCUT2D eigenvalue weighted by Crippen LogP contribution is -2.43. The molecule has 142 valence electrons. The van der Waals surface area contributed by atoms with Crippen LogP contribution in [0.25, 0.3) is 11.0 Å². The highest BCUT2D eigenvalue weighted by atomic mass is 32.2. The third-order valence-corrected chi connectivity index (χ3v) is 5.52. The first-order valence-corrected chi connectivity index (χ1v) is 9.72. The zero-order chi connectivity index (χ0) is 18.9. The van der Waals surface area contributed by atoms with Crippen LogP contribution >= 0.6 is 11.8 Å². The van der Waals surface area contributed by atoms with Crippen molar-refractivity contribution in [1.29, 1.82) is 0 Å². The van der Waals surface area contributed by atoms with E-state index in [0.717, 1.165) is 38.3 Å². The fourth-order valence-corrected chi connectivity index (χ4v) is 4.10. The lowest BCUT2D eigenvalue weighted by atomic mass is 10.1. The van der Waals surface area contributed by atoms with Crippen LogP contribution in [0.4, 0.5) is 18.9 Å². The van der Waals surface area contributed by atoms with E-state index in [4.69, 9.17) is 0 Å². The molecule has 2 heterocycles. The Morgan fingerprint density at radius 2 is 1.85 bits per heavy atom. The third kappa shape index (κ3) is 4.06. The van der Waals surface area contributed by atoms with Gasteiger partial charge in [-0.25, -0.2) is 4.98 Å². The van der Waals surface area contributed by atoms with Gasteiger partial charge in [0.15, 0.2) is 5.16 Å². The molecule has 0 bridgehead atoms. The summed E-state index contributed by atoms with van der Waals surface area (Å²) >= 11 is 1.50. The number of aromatic nitrogens is 2. The SMILES string of the molecule is FC(F)(F)c1ccc2[nH]c(SCc3ccccc3N3CCNCC3)nc2c1. The van der Waals surface area contributed by atoms with Gasteiger partial charge < -0.3 is 15.2 Å². The molecule has 1 aromatic heterocycles. The largest absolute Gasteiger partial charge is 0.416 e. The van der Waals surface area contributed by atoms with Crippen LogP contribution in [-0.4, -0.2) is 36.1 Å². The lowest BCUT2D eigenvalue weighted by Gasteiger charge is -2.31. The van der Waals surface area contributed by atoms with E-state index in [-0.39, 0.29) is 0 Å². The molecule has 4 nitrogen and oxygen atoms in total. The molecule has 27 heavy (non-hydrogen) atoms. The quantitative estimate of drug-likeness (QED) is 0.651. The Morgan fingerprint density at radius 3 is 2.63 bits per heavy atom. The number of fused-ring (bicyclic) bond motifs is 1. The molecule has 1 saturated heterocycles. The molecule has 4 rings (SSSR count). The van der Waals surface area contributed by atoms with Gasteiger partial charge in [-0.2, -0.15) is 13.2 Å². The smallest absolute Gasteiger partial charge is 0.369 e. The van der Waals surface area contributed by atoms with Gasteiger partial charge in [-0.3, -0.25) is 0 Å². The molecule has 0 atom stereocenters. The summed E-state index contributed by atoms with van der Waals surface area (Å²) in [5.41, 5.74) is 2.67. The van der Waals surface area contributed by atoms with Crippen molar-refractivity contribution in [2.75, 3.05) is 31.1 Å². The first-order chi connectivity index (χ1) is 13.0. The van der Waals surface area contributed by atoms with Crippen LogP contribution in [0, 0.1) is 0 Å². The number of hydrogen-bond donors (Lipinski definition) is 2. The number of rotatable bonds is 4. The van der Waals surface area contributed by atoms with Crippen LogP contribution in [0.2, 0.25) is 0 Å². The minimum absolute atomic E-state index is 0.336. The number of thioether (sulfide) groups is 1. The summed E-state index contributed by atoms with van der Waals surface area (Å²) < 4.78 is 38.6. The Bertz CT molecular complexity index is 932. The van der Waals surface area contributed by atoms with Gasteiger partial charge in [-0.05, 0) is 29.8 Å². The molecule has 1 aliphatic rings. The molecule has 1 aliphatic heterocycles. The van der Waals surface area contributed by atoms with E-state index in [9.17, 15) is 13.2 Å². The number of piperazine rings is 1. The summed E-state index contributed by atoms with van der Waals surface area (Å²) in [7, 11) is 0. The van der Waals surface area contributed by atoms with Crippen molar-refractivity contribution < 1.29 is 13.2 Å². The molecule has 0 amide bonds. The zero-order valence-electron chi connectivity index (χ0n) is 14.5. The molecular formula is C19H19F3N4S. The number of benzene rings is 2. The maximum atomic E-state index is 12.9. The molecule has 0 radical (unpaired) electrons. The number of aromatic amines is 1. The second kappa shape index (κ2) is 7.44. The summed E-state index contributed by atoms with van der Waals surface area (Å²) in [5.74, 6) is 0.700. The monoisotopic (exact) mass is 392 g/mol.